The Labute approximate surface area is 88.2 Å². The Morgan fingerprint density at radius 3 is 2.53 bits per heavy atom. The minimum absolute atomic E-state index is 0.352. The molecule has 1 atom stereocenters. The third kappa shape index (κ3) is 2.62. The number of aliphatic carboxylic acids is 1. The predicted molar refractivity (Wildman–Crippen MR) is 54.2 cm³/mol. The standard InChI is InChI=1S/C10H14N2O3/c1-3-7(4-2)11-9(15)12-10(5-6-10)8(13)14/h1,7H,4-6H2,2H3,(H,13,14)(H2,11,12,15). The average molecular weight is 210 g/mol. The van der Waals surface area contributed by atoms with Crippen molar-refractivity contribution in [2.45, 2.75) is 37.8 Å². The number of carboxylic acid groups (broad SMARTS) is 1. The van der Waals surface area contributed by atoms with Crippen LogP contribution in [0, 0.1) is 12.3 Å². The highest BCUT2D eigenvalue weighted by Gasteiger charge is 2.51. The van der Waals surface area contributed by atoms with Gasteiger partial charge in [-0.25, -0.2) is 9.59 Å². The molecule has 0 bridgehead atoms. The van der Waals surface area contributed by atoms with Crippen molar-refractivity contribution < 1.29 is 14.7 Å². The van der Waals surface area contributed by atoms with E-state index in [9.17, 15) is 9.59 Å². The molecule has 0 heterocycles. The highest BCUT2D eigenvalue weighted by atomic mass is 16.4. The Bertz CT molecular complexity index is 315. The first-order valence-electron chi connectivity index (χ1n) is 4.82. The van der Waals surface area contributed by atoms with Crippen molar-refractivity contribution in [2.24, 2.45) is 0 Å². The Balaban J connectivity index is 2.44. The fraction of sp³-hybridized carbons (Fsp3) is 0.600. The van der Waals surface area contributed by atoms with Crippen LogP contribution in [0.4, 0.5) is 4.79 Å². The van der Waals surface area contributed by atoms with Crippen LogP contribution in [0.1, 0.15) is 26.2 Å². The summed E-state index contributed by atoms with van der Waals surface area (Å²) in [5.74, 6) is 1.40. The van der Waals surface area contributed by atoms with Crippen LogP contribution >= 0.6 is 0 Å². The lowest BCUT2D eigenvalue weighted by Gasteiger charge is -2.15. The molecule has 1 unspecified atom stereocenters. The topological polar surface area (TPSA) is 78.4 Å². The van der Waals surface area contributed by atoms with E-state index in [2.05, 4.69) is 16.6 Å². The van der Waals surface area contributed by atoms with Gasteiger partial charge in [-0.15, -0.1) is 6.42 Å². The maximum absolute atomic E-state index is 11.4. The van der Waals surface area contributed by atoms with Crippen LogP contribution in [0.5, 0.6) is 0 Å². The van der Waals surface area contributed by atoms with Gasteiger partial charge in [0.15, 0.2) is 0 Å². The van der Waals surface area contributed by atoms with Gasteiger partial charge in [-0.05, 0) is 19.3 Å². The van der Waals surface area contributed by atoms with Gasteiger partial charge in [0, 0.05) is 0 Å². The quantitative estimate of drug-likeness (QED) is 0.584. The van der Waals surface area contributed by atoms with Crippen molar-refractivity contribution in [3.8, 4) is 12.3 Å². The second-order valence-electron chi connectivity index (χ2n) is 3.61. The van der Waals surface area contributed by atoms with Gasteiger partial charge < -0.3 is 15.7 Å². The summed E-state index contributed by atoms with van der Waals surface area (Å²) in [5, 5.41) is 13.8. The molecule has 5 nitrogen and oxygen atoms in total. The third-order valence-electron chi connectivity index (χ3n) is 2.43. The average Bonchev–Trinajstić information content (AvgIpc) is 2.95. The second kappa shape index (κ2) is 4.22. The van der Waals surface area contributed by atoms with E-state index in [-0.39, 0.29) is 6.04 Å². The lowest BCUT2D eigenvalue weighted by atomic mass is 10.2. The predicted octanol–water partition coefficient (Wildman–Crippen LogP) is 0.315. The molecule has 1 saturated carbocycles. The Morgan fingerprint density at radius 2 is 2.20 bits per heavy atom. The fourth-order valence-electron chi connectivity index (χ4n) is 1.19. The smallest absolute Gasteiger partial charge is 0.329 e. The van der Waals surface area contributed by atoms with E-state index in [0.29, 0.717) is 19.3 Å². The fourth-order valence-corrected chi connectivity index (χ4v) is 1.19. The molecule has 1 fully saturated rings. The Morgan fingerprint density at radius 1 is 1.60 bits per heavy atom. The van der Waals surface area contributed by atoms with Crippen LogP contribution in [-0.4, -0.2) is 28.7 Å². The maximum atomic E-state index is 11.4. The molecule has 0 spiro atoms. The Hall–Kier alpha value is -1.70. The minimum atomic E-state index is -1.06. The first-order valence-corrected chi connectivity index (χ1v) is 4.82. The molecular formula is C10H14N2O3. The molecule has 0 aromatic heterocycles. The second-order valence-corrected chi connectivity index (χ2v) is 3.61. The van der Waals surface area contributed by atoms with Crippen molar-refractivity contribution in [1.29, 1.82) is 0 Å². The normalized spacial score (nSPS) is 18.4. The monoisotopic (exact) mass is 210 g/mol. The highest BCUT2D eigenvalue weighted by Crippen LogP contribution is 2.35. The molecule has 0 aliphatic heterocycles. The summed E-state index contributed by atoms with van der Waals surface area (Å²) in [4.78, 5) is 22.1. The molecular weight excluding hydrogens is 196 g/mol. The van der Waals surface area contributed by atoms with Gasteiger partial charge in [-0.2, -0.15) is 0 Å². The van der Waals surface area contributed by atoms with Crippen LogP contribution in [0.2, 0.25) is 0 Å². The van der Waals surface area contributed by atoms with E-state index in [1.807, 2.05) is 6.92 Å². The Kier molecular flexibility index (Phi) is 3.20. The number of hydrogen-bond donors (Lipinski definition) is 3. The summed E-state index contributed by atoms with van der Waals surface area (Å²) in [6.07, 6.45) is 6.73. The van der Waals surface area contributed by atoms with Crippen LogP contribution in [0.15, 0.2) is 0 Å². The van der Waals surface area contributed by atoms with Gasteiger partial charge in [0.25, 0.3) is 0 Å². The van der Waals surface area contributed by atoms with Crippen molar-refractivity contribution in [3.05, 3.63) is 0 Å². The molecule has 0 saturated heterocycles. The molecule has 15 heavy (non-hydrogen) atoms. The van der Waals surface area contributed by atoms with E-state index in [0.717, 1.165) is 0 Å². The lowest BCUT2D eigenvalue weighted by molar-refractivity contribution is -0.140. The molecule has 1 rings (SSSR count). The molecule has 1 aliphatic carbocycles. The van der Waals surface area contributed by atoms with Crippen LogP contribution in [0.25, 0.3) is 0 Å². The molecule has 5 heteroatoms. The molecule has 0 aromatic carbocycles. The van der Waals surface area contributed by atoms with Crippen LogP contribution in [-0.2, 0) is 4.79 Å². The van der Waals surface area contributed by atoms with E-state index in [4.69, 9.17) is 11.5 Å². The van der Waals surface area contributed by atoms with Gasteiger partial charge in [-0.1, -0.05) is 12.8 Å². The van der Waals surface area contributed by atoms with Gasteiger partial charge >= 0.3 is 12.0 Å². The van der Waals surface area contributed by atoms with Crippen LogP contribution in [0.3, 0.4) is 0 Å². The molecule has 3 N–H and O–H groups in total. The van der Waals surface area contributed by atoms with Crippen LogP contribution < -0.4 is 10.6 Å². The lowest BCUT2D eigenvalue weighted by Crippen LogP contribution is -2.50. The summed E-state index contributed by atoms with van der Waals surface area (Å²) in [6, 6.07) is -0.866. The van der Waals surface area contributed by atoms with E-state index < -0.39 is 17.5 Å². The summed E-state index contributed by atoms with van der Waals surface area (Å²) in [6.45, 7) is 1.84. The zero-order valence-electron chi connectivity index (χ0n) is 8.54. The number of hydrogen-bond acceptors (Lipinski definition) is 2. The number of carbonyl (C=O) groups is 2. The van der Waals surface area contributed by atoms with E-state index in [1.165, 1.54) is 0 Å². The number of urea groups is 1. The zero-order chi connectivity index (χ0) is 11.5. The van der Waals surface area contributed by atoms with Crippen molar-refractivity contribution in [3.63, 3.8) is 0 Å². The molecule has 2 amide bonds. The summed E-state index contributed by atoms with van der Waals surface area (Å²) >= 11 is 0. The molecule has 1 aliphatic rings. The first-order chi connectivity index (χ1) is 7.04. The molecule has 0 aromatic rings. The highest BCUT2D eigenvalue weighted by molar-refractivity contribution is 5.89. The maximum Gasteiger partial charge on any atom is 0.329 e. The van der Waals surface area contributed by atoms with Gasteiger partial charge in [0.2, 0.25) is 0 Å². The number of carbonyl (C=O) groups excluding carboxylic acids is 1. The van der Waals surface area contributed by atoms with Gasteiger partial charge in [0.05, 0.1) is 6.04 Å². The number of amides is 2. The summed E-state index contributed by atoms with van der Waals surface area (Å²) < 4.78 is 0. The van der Waals surface area contributed by atoms with Crippen molar-refractivity contribution in [2.75, 3.05) is 0 Å². The van der Waals surface area contributed by atoms with Gasteiger partial charge in [-0.3, -0.25) is 0 Å². The number of rotatable bonds is 4. The zero-order valence-corrected chi connectivity index (χ0v) is 8.54. The SMILES string of the molecule is C#CC(CC)NC(=O)NC1(C(=O)O)CC1. The summed E-state index contributed by atoms with van der Waals surface area (Å²) in [5.41, 5.74) is -1.06. The summed E-state index contributed by atoms with van der Waals surface area (Å²) in [7, 11) is 0. The molecule has 82 valence electrons. The van der Waals surface area contributed by atoms with E-state index in [1.54, 1.807) is 0 Å². The number of nitrogens with one attached hydrogen (secondary N) is 2. The third-order valence-corrected chi connectivity index (χ3v) is 2.43. The number of terminal acetylenes is 1. The molecule has 0 radical (unpaired) electrons. The van der Waals surface area contributed by atoms with Crippen molar-refractivity contribution >= 4 is 12.0 Å². The van der Waals surface area contributed by atoms with Gasteiger partial charge in [0.1, 0.15) is 5.54 Å². The first kappa shape index (κ1) is 11.4. The van der Waals surface area contributed by atoms with E-state index >= 15 is 0 Å². The minimum Gasteiger partial charge on any atom is -0.480 e. The van der Waals surface area contributed by atoms with Crippen molar-refractivity contribution in [1.82, 2.24) is 10.6 Å². The largest absolute Gasteiger partial charge is 0.480 e. The number of carboxylic acids is 1.